The van der Waals surface area contributed by atoms with Crippen molar-refractivity contribution in [1.29, 1.82) is 5.26 Å². The molecule has 0 spiro atoms. The molecule has 1 N–H and O–H groups in total. The Labute approximate surface area is 115 Å². The monoisotopic (exact) mass is 259 g/mol. The van der Waals surface area contributed by atoms with Crippen LogP contribution < -0.4 is 10.2 Å². The fourth-order valence-corrected chi connectivity index (χ4v) is 1.80. The number of hydrogen-bond acceptors (Lipinski definition) is 3. The van der Waals surface area contributed by atoms with Gasteiger partial charge < -0.3 is 10.2 Å². The lowest BCUT2D eigenvalue weighted by Gasteiger charge is -2.19. The van der Waals surface area contributed by atoms with E-state index in [-0.39, 0.29) is 5.91 Å². The number of nitrogens with zero attached hydrogens (tertiary/aromatic N) is 2. The lowest BCUT2D eigenvalue weighted by molar-refractivity contribution is -0.123. The Hall–Kier alpha value is -2.02. The Morgan fingerprint density at radius 3 is 2.68 bits per heavy atom. The molecule has 0 saturated heterocycles. The molecule has 1 amide bonds. The Balaban J connectivity index is 2.25. The van der Waals surface area contributed by atoms with Gasteiger partial charge in [0.25, 0.3) is 0 Å². The molecule has 1 aromatic carbocycles. The number of nitriles is 1. The predicted octanol–water partition coefficient (Wildman–Crippen LogP) is 2.18. The number of carbonyl (C=O) groups is 1. The number of anilines is 1. The number of carbonyl (C=O) groups excluding carboxylic acids is 1. The second-order valence-corrected chi connectivity index (χ2v) is 4.49. The van der Waals surface area contributed by atoms with Crippen molar-refractivity contribution >= 4 is 11.6 Å². The van der Waals surface area contributed by atoms with Gasteiger partial charge >= 0.3 is 0 Å². The molecule has 1 aromatic rings. The van der Waals surface area contributed by atoms with E-state index in [0.717, 1.165) is 18.7 Å². The van der Waals surface area contributed by atoms with Gasteiger partial charge in [-0.2, -0.15) is 5.26 Å². The van der Waals surface area contributed by atoms with Gasteiger partial charge in [-0.25, -0.2) is 0 Å². The highest BCUT2D eigenvalue weighted by Gasteiger charge is 2.14. The zero-order valence-corrected chi connectivity index (χ0v) is 11.6. The summed E-state index contributed by atoms with van der Waals surface area (Å²) in [5.41, 5.74) is 1.16. The van der Waals surface area contributed by atoms with Crippen LogP contribution in [0.5, 0.6) is 0 Å². The van der Waals surface area contributed by atoms with Gasteiger partial charge in [-0.3, -0.25) is 4.79 Å². The minimum atomic E-state index is -0.521. The van der Waals surface area contributed by atoms with Crippen LogP contribution in [0.4, 0.5) is 5.69 Å². The van der Waals surface area contributed by atoms with Gasteiger partial charge in [0.2, 0.25) is 5.91 Å². The maximum Gasteiger partial charge on any atom is 0.237 e. The topological polar surface area (TPSA) is 56.1 Å². The Kier molecular flexibility index (Phi) is 6.45. The average Bonchev–Trinajstić information content (AvgIpc) is 2.45. The Morgan fingerprint density at radius 1 is 1.42 bits per heavy atom. The first kappa shape index (κ1) is 15.0. The van der Waals surface area contributed by atoms with Gasteiger partial charge in [0, 0.05) is 25.8 Å². The fourth-order valence-electron chi connectivity index (χ4n) is 1.80. The largest absolute Gasteiger partial charge is 0.375 e. The quantitative estimate of drug-likeness (QED) is 0.764. The molecule has 4 heteroatoms. The van der Waals surface area contributed by atoms with Gasteiger partial charge in [0.1, 0.15) is 5.92 Å². The summed E-state index contributed by atoms with van der Waals surface area (Å²) in [6.45, 7) is 3.32. The molecule has 1 rings (SSSR count). The molecule has 1 atom stereocenters. The molecule has 0 aliphatic heterocycles. The number of benzene rings is 1. The van der Waals surface area contributed by atoms with E-state index in [0.29, 0.717) is 13.0 Å². The van der Waals surface area contributed by atoms with Gasteiger partial charge in [0.05, 0.1) is 6.07 Å². The van der Waals surface area contributed by atoms with Crippen LogP contribution in [0.2, 0.25) is 0 Å². The number of hydrogen-bond donors (Lipinski definition) is 1. The van der Waals surface area contributed by atoms with Crippen LogP contribution in [-0.2, 0) is 4.79 Å². The zero-order valence-electron chi connectivity index (χ0n) is 11.6. The van der Waals surface area contributed by atoms with Crippen LogP contribution in [0.1, 0.15) is 19.8 Å². The van der Waals surface area contributed by atoms with Crippen LogP contribution in [0.3, 0.4) is 0 Å². The third-order valence-corrected chi connectivity index (χ3v) is 3.05. The SMILES string of the molecule is CCC(C#N)C(=O)NCCCN(C)c1ccccc1. The summed E-state index contributed by atoms with van der Waals surface area (Å²) >= 11 is 0. The highest BCUT2D eigenvalue weighted by Crippen LogP contribution is 2.10. The van der Waals surface area contributed by atoms with E-state index in [1.165, 1.54) is 0 Å². The highest BCUT2D eigenvalue weighted by atomic mass is 16.1. The summed E-state index contributed by atoms with van der Waals surface area (Å²) in [4.78, 5) is 13.7. The van der Waals surface area contributed by atoms with Crippen molar-refractivity contribution in [2.24, 2.45) is 5.92 Å². The molecule has 4 nitrogen and oxygen atoms in total. The molecule has 0 bridgehead atoms. The van der Waals surface area contributed by atoms with Crippen LogP contribution in [-0.4, -0.2) is 26.0 Å². The molecule has 102 valence electrons. The van der Waals surface area contributed by atoms with Gasteiger partial charge in [-0.05, 0) is 25.0 Å². The summed E-state index contributed by atoms with van der Waals surface area (Å²) in [7, 11) is 2.03. The van der Waals surface area contributed by atoms with E-state index >= 15 is 0 Å². The number of amides is 1. The van der Waals surface area contributed by atoms with Crippen LogP contribution >= 0.6 is 0 Å². The van der Waals surface area contributed by atoms with Crippen molar-refractivity contribution in [1.82, 2.24) is 5.32 Å². The first-order chi connectivity index (χ1) is 9.19. The van der Waals surface area contributed by atoms with Crippen molar-refractivity contribution in [2.45, 2.75) is 19.8 Å². The lowest BCUT2D eigenvalue weighted by atomic mass is 10.1. The minimum Gasteiger partial charge on any atom is -0.375 e. The summed E-state index contributed by atoms with van der Waals surface area (Å²) in [5, 5.41) is 11.6. The Bertz CT molecular complexity index is 425. The molecule has 19 heavy (non-hydrogen) atoms. The van der Waals surface area contributed by atoms with Crippen molar-refractivity contribution in [3.8, 4) is 6.07 Å². The minimum absolute atomic E-state index is 0.160. The third kappa shape index (κ3) is 5.01. The lowest BCUT2D eigenvalue weighted by Crippen LogP contribution is -2.32. The van der Waals surface area contributed by atoms with E-state index < -0.39 is 5.92 Å². The van der Waals surface area contributed by atoms with E-state index in [4.69, 9.17) is 5.26 Å². The van der Waals surface area contributed by atoms with Gasteiger partial charge in [0.15, 0.2) is 0 Å². The standard InChI is InChI=1S/C15H21N3O/c1-3-13(12-16)15(19)17-10-7-11-18(2)14-8-5-4-6-9-14/h4-6,8-9,13H,3,7,10-11H2,1-2H3,(H,17,19). The van der Waals surface area contributed by atoms with Gasteiger partial charge in [-0.15, -0.1) is 0 Å². The van der Waals surface area contributed by atoms with Gasteiger partial charge in [-0.1, -0.05) is 25.1 Å². The third-order valence-electron chi connectivity index (χ3n) is 3.05. The van der Waals surface area contributed by atoms with Crippen LogP contribution in [0, 0.1) is 17.2 Å². The molecule has 0 aromatic heterocycles. The number of nitrogens with one attached hydrogen (secondary N) is 1. The van der Waals surface area contributed by atoms with Crippen molar-refractivity contribution in [3.63, 3.8) is 0 Å². The highest BCUT2D eigenvalue weighted by molar-refractivity contribution is 5.80. The predicted molar refractivity (Wildman–Crippen MR) is 76.7 cm³/mol. The summed E-state index contributed by atoms with van der Waals surface area (Å²) in [6.07, 6.45) is 1.42. The average molecular weight is 259 g/mol. The van der Waals surface area contributed by atoms with Crippen molar-refractivity contribution < 1.29 is 4.79 Å². The molecule has 1 unspecified atom stereocenters. The summed E-state index contributed by atoms with van der Waals surface area (Å²) in [5.74, 6) is -0.681. The van der Waals surface area contributed by atoms with E-state index in [9.17, 15) is 4.79 Å². The smallest absolute Gasteiger partial charge is 0.237 e. The molecular formula is C15H21N3O. The Morgan fingerprint density at radius 2 is 2.11 bits per heavy atom. The number of rotatable bonds is 7. The fraction of sp³-hybridized carbons (Fsp3) is 0.467. The van der Waals surface area contributed by atoms with Crippen LogP contribution in [0.25, 0.3) is 0 Å². The first-order valence-corrected chi connectivity index (χ1v) is 6.62. The van der Waals surface area contributed by atoms with Crippen molar-refractivity contribution in [2.75, 3.05) is 25.0 Å². The van der Waals surface area contributed by atoms with Crippen LogP contribution in [0.15, 0.2) is 30.3 Å². The van der Waals surface area contributed by atoms with E-state index in [1.807, 2.05) is 38.2 Å². The maximum absolute atomic E-state index is 11.6. The van der Waals surface area contributed by atoms with Crippen molar-refractivity contribution in [3.05, 3.63) is 30.3 Å². The second-order valence-electron chi connectivity index (χ2n) is 4.49. The molecular weight excluding hydrogens is 238 g/mol. The molecule has 0 fully saturated rings. The first-order valence-electron chi connectivity index (χ1n) is 6.62. The number of para-hydroxylation sites is 1. The second kappa shape index (κ2) is 8.15. The molecule has 0 aliphatic rings. The van der Waals surface area contributed by atoms with E-state index in [2.05, 4.69) is 22.3 Å². The summed E-state index contributed by atoms with van der Waals surface area (Å²) in [6, 6.07) is 12.1. The molecule has 0 aliphatic carbocycles. The maximum atomic E-state index is 11.6. The summed E-state index contributed by atoms with van der Waals surface area (Å²) < 4.78 is 0. The molecule has 0 heterocycles. The molecule has 0 radical (unpaired) electrons. The normalized spacial score (nSPS) is 11.4. The van der Waals surface area contributed by atoms with E-state index in [1.54, 1.807) is 0 Å². The zero-order chi connectivity index (χ0) is 14.1. The molecule has 0 saturated carbocycles.